The number of likely N-dealkylation sites (tertiary alicyclic amines) is 1. The SMILES string of the molecule is CCOc1cc(CNc2ncc(C(=O)N3CCCCC3)cc2Cl)ccc1OC(F)F. The average Bonchev–Trinajstić information content (AvgIpc) is 2.74. The average molecular weight is 440 g/mol. The van der Waals surface area contributed by atoms with Crippen molar-refractivity contribution in [3.8, 4) is 11.5 Å². The molecule has 1 aromatic heterocycles. The van der Waals surface area contributed by atoms with Crippen molar-refractivity contribution in [2.45, 2.75) is 39.3 Å². The van der Waals surface area contributed by atoms with Gasteiger partial charge in [-0.2, -0.15) is 8.78 Å². The number of nitrogens with zero attached hydrogens (tertiary/aromatic N) is 2. The van der Waals surface area contributed by atoms with Crippen LogP contribution in [0, 0.1) is 0 Å². The number of piperidine rings is 1. The van der Waals surface area contributed by atoms with Crippen molar-refractivity contribution in [2.24, 2.45) is 0 Å². The van der Waals surface area contributed by atoms with Crippen LogP contribution in [0.15, 0.2) is 30.5 Å². The number of halogens is 3. The van der Waals surface area contributed by atoms with E-state index in [0.29, 0.717) is 29.6 Å². The molecular formula is C21H24ClF2N3O3. The fraction of sp³-hybridized carbons (Fsp3) is 0.429. The Balaban J connectivity index is 1.66. The summed E-state index contributed by atoms with van der Waals surface area (Å²) >= 11 is 6.32. The van der Waals surface area contributed by atoms with Crippen LogP contribution in [0.4, 0.5) is 14.6 Å². The summed E-state index contributed by atoms with van der Waals surface area (Å²) in [6.07, 6.45) is 4.68. The topological polar surface area (TPSA) is 63.7 Å². The van der Waals surface area contributed by atoms with Gasteiger partial charge in [-0.05, 0) is 49.9 Å². The number of amides is 1. The molecule has 0 radical (unpaired) electrons. The number of ether oxygens (including phenoxy) is 2. The third kappa shape index (κ3) is 5.72. The molecule has 0 saturated carbocycles. The van der Waals surface area contributed by atoms with Crippen LogP contribution in [0.3, 0.4) is 0 Å². The smallest absolute Gasteiger partial charge is 0.387 e. The fourth-order valence-corrected chi connectivity index (χ4v) is 3.51. The minimum atomic E-state index is -2.93. The number of carbonyl (C=O) groups is 1. The molecule has 2 heterocycles. The van der Waals surface area contributed by atoms with Crippen LogP contribution in [0.1, 0.15) is 42.1 Å². The Bertz CT molecular complexity index is 877. The summed E-state index contributed by atoms with van der Waals surface area (Å²) < 4.78 is 34.9. The molecule has 1 amide bonds. The summed E-state index contributed by atoms with van der Waals surface area (Å²) in [7, 11) is 0. The van der Waals surface area contributed by atoms with E-state index in [-0.39, 0.29) is 17.4 Å². The second-order valence-electron chi connectivity index (χ2n) is 6.85. The van der Waals surface area contributed by atoms with Crippen LogP contribution in [0.25, 0.3) is 0 Å². The van der Waals surface area contributed by atoms with E-state index in [1.165, 1.54) is 12.3 Å². The molecular weight excluding hydrogens is 416 g/mol. The Morgan fingerprint density at radius 3 is 2.67 bits per heavy atom. The van der Waals surface area contributed by atoms with Crippen LogP contribution in [-0.4, -0.2) is 42.1 Å². The molecule has 0 bridgehead atoms. The van der Waals surface area contributed by atoms with E-state index < -0.39 is 6.61 Å². The van der Waals surface area contributed by atoms with E-state index in [1.54, 1.807) is 25.1 Å². The molecule has 0 unspecified atom stereocenters. The van der Waals surface area contributed by atoms with E-state index in [4.69, 9.17) is 16.3 Å². The first-order valence-electron chi connectivity index (χ1n) is 9.87. The van der Waals surface area contributed by atoms with E-state index in [1.807, 2.05) is 4.90 Å². The van der Waals surface area contributed by atoms with Crippen LogP contribution in [0.5, 0.6) is 11.5 Å². The van der Waals surface area contributed by atoms with Gasteiger partial charge in [-0.3, -0.25) is 4.79 Å². The van der Waals surface area contributed by atoms with E-state index in [9.17, 15) is 13.6 Å². The first kappa shape index (κ1) is 22.1. The van der Waals surface area contributed by atoms with Crippen molar-refractivity contribution in [3.05, 3.63) is 46.6 Å². The summed E-state index contributed by atoms with van der Waals surface area (Å²) in [5.41, 5.74) is 1.23. The van der Waals surface area contributed by atoms with Crippen molar-refractivity contribution in [2.75, 3.05) is 25.0 Å². The Morgan fingerprint density at radius 1 is 1.23 bits per heavy atom. The highest BCUT2D eigenvalue weighted by Gasteiger charge is 2.19. The molecule has 1 aromatic carbocycles. The molecule has 9 heteroatoms. The quantitative estimate of drug-likeness (QED) is 0.629. The van der Waals surface area contributed by atoms with Gasteiger partial charge in [0.25, 0.3) is 5.91 Å². The number of hydrogen-bond donors (Lipinski definition) is 1. The van der Waals surface area contributed by atoms with Crippen molar-refractivity contribution in [1.29, 1.82) is 0 Å². The second kappa shape index (κ2) is 10.4. The van der Waals surface area contributed by atoms with Crippen LogP contribution in [-0.2, 0) is 6.54 Å². The van der Waals surface area contributed by atoms with Crippen molar-refractivity contribution in [3.63, 3.8) is 0 Å². The van der Waals surface area contributed by atoms with Gasteiger partial charge < -0.3 is 19.7 Å². The standard InChI is InChI=1S/C21H24ClF2N3O3/c1-2-29-18-10-14(6-7-17(18)30-21(23)24)12-25-19-16(22)11-15(13-26-19)20(28)27-8-4-3-5-9-27/h6-7,10-11,13,21H,2-5,8-9,12H2,1H3,(H,25,26). The molecule has 2 aromatic rings. The monoisotopic (exact) mass is 439 g/mol. The van der Waals surface area contributed by atoms with Gasteiger partial charge in [-0.15, -0.1) is 0 Å². The lowest BCUT2D eigenvalue weighted by Crippen LogP contribution is -2.35. The van der Waals surface area contributed by atoms with Gasteiger partial charge in [0.15, 0.2) is 11.5 Å². The van der Waals surface area contributed by atoms with Crippen molar-refractivity contribution in [1.82, 2.24) is 9.88 Å². The fourth-order valence-electron chi connectivity index (χ4n) is 3.27. The predicted molar refractivity (Wildman–Crippen MR) is 111 cm³/mol. The first-order valence-corrected chi connectivity index (χ1v) is 10.2. The van der Waals surface area contributed by atoms with E-state index in [0.717, 1.165) is 37.9 Å². The van der Waals surface area contributed by atoms with Crippen molar-refractivity contribution >= 4 is 23.3 Å². The Labute approximate surface area is 179 Å². The predicted octanol–water partition coefficient (Wildman–Crippen LogP) is 4.97. The lowest BCUT2D eigenvalue weighted by atomic mass is 10.1. The Morgan fingerprint density at radius 2 is 2.00 bits per heavy atom. The third-order valence-corrected chi connectivity index (χ3v) is 5.00. The minimum Gasteiger partial charge on any atom is -0.490 e. The first-order chi connectivity index (χ1) is 14.5. The number of nitrogens with one attached hydrogen (secondary N) is 1. The van der Waals surface area contributed by atoms with E-state index in [2.05, 4.69) is 15.0 Å². The highest BCUT2D eigenvalue weighted by Crippen LogP contribution is 2.30. The van der Waals surface area contributed by atoms with Gasteiger partial charge in [0.1, 0.15) is 5.82 Å². The molecule has 1 N–H and O–H groups in total. The molecule has 6 nitrogen and oxygen atoms in total. The number of anilines is 1. The zero-order valence-electron chi connectivity index (χ0n) is 16.7. The van der Waals surface area contributed by atoms with Gasteiger partial charge in [-0.25, -0.2) is 4.98 Å². The second-order valence-corrected chi connectivity index (χ2v) is 7.26. The van der Waals surface area contributed by atoms with Crippen LogP contribution < -0.4 is 14.8 Å². The van der Waals surface area contributed by atoms with Crippen LogP contribution in [0.2, 0.25) is 5.02 Å². The number of aromatic nitrogens is 1. The maximum Gasteiger partial charge on any atom is 0.387 e. The largest absolute Gasteiger partial charge is 0.490 e. The summed E-state index contributed by atoms with van der Waals surface area (Å²) in [5, 5.41) is 3.43. The summed E-state index contributed by atoms with van der Waals surface area (Å²) in [5.74, 6) is 0.579. The summed E-state index contributed by atoms with van der Waals surface area (Å²) in [6, 6.07) is 6.31. The molecule has 1 saturated heterocycles. The number of benzene rings is 1. The third-order valence-electron chi connectivity index (χ3n) is 4.72. The van der Waals surface area contributed by atoms with Gasteiger partial charge in [-0.1, -0.05) is 17.7 Å². The zero-order valence-corrected chi connectivity index (χ0v) is 17.4. The molecule has 162 valence electrons. The van der Waals surface area contributed by atoms with Gasteiger partial charge in [0.05, 0.1) is 17.2 Å². The number of rotatable bonds is 8. The van der Waals surface area contributed by atoms with Gasteiger partial charge >= 0.3 is 6.61 Å². The number of hydrogen-bond acceptors (Lipinski definition) is 5. The number of carbonyl (C=O) groups excluding carboxylic acids is 1. The molecule has 1 aliphatic rings. The molecule has 0 spiro atoms. The number of alkyl halides is 2. The van der Waals surface area contributed by atoms with Gasteiger partial charge in [0.2, 0.25) is 0 Å². The highest BCUT2D eigenvalue weighted by atomic mass is 35.5. The normalized spacial score (nSPS) is 14.0. The van der Waals surface area contributed by atoms with Crippen molar-refractivity contribution < 1.29 is 23.0 Å². The lowest BCUT2D eigenvalue weighted by Gasteiger charge is -2.26. The van der Waals surface area contributed by atoms with Gasteiger partial charge in [0, 0.05) is 25.8 Å². The van der Waals surface area contributed by atoms with E-state index >= 15 is 0 Å². The molecule has 1 aliphatic heterocycles. The maximum absolute atomic E-state index is 12.6. The van der Waals surface area contributed by atoms with Crippen LogP contribution >= 0.6 is 11.6 Å². The molecule has 30 heavy (non-hydrogen) atoms. The Kier molecular flexibility index (Phi) is 7.68. The maximum atomic E-state index is 12.6. The lowest BCUT2D eigenvalue weighted by molar-refractivity contribution is -0.0514. The summed E-state index contributed by atoms with van der Waals surface area (Å²) in [4.78, 5) is 18.7. The molecule has 1 fully saturated rings. The highest BCUT2D eigenvalue weighted by molar-refractivity contribution is 6.33. The Hall–Kier alpha value is -2.61. The number of pyridine rings is 1. The molecule has 3 rings (SSSR count). The zero-order chi connectivity index (χ0) is 21.5. The molecule has 0 aliphatic carbocycles. The minimum absolute atomic E-state index is 0.0210. The molecule has 0 atom stereocenters. The summed E-state index contributed by atoms with van der Waals surface area (Å²) in [6.45, 7) is 0.987.